The Kier molecular flexibility index (Phi) is 4.58. The Bertz CT molecular complexity index is 1180. The molecular weight excluding hydrogens is 395 g/mol. The molecule has 0 fully saturated rings. The van der Waals surface area contributed by atoms with Crippen LogP contribution >= 0.6 is 0 Å². The highest BCUT2D eigenvalue weighted by atomic mass is 19.4. The molecule has 0 spiro atoms. The zero-order valence-corrected chi connectivity index (χ0v) is 16.2. The lowest BCUT2D eigenvalue weighted by atomic mass is 9.90. The number of halogens is 3. The van der Waals surface area contributed by atoms with Crippen molar-refractivity contribution in [3.8, 4) is 5.75 Å². The first-order valence-corrected chi connectivity index (χ1v) is 10.0. The normalized spacial score (nSPS) is 16.8. The molecule has 0 saturated heterocycles. The van der Waals surface area contributed by atoms with Gasteiger partial charge in [-0.1, -0.05) is 18.2 Å². The van der Waals surface area contributed by atoms with Crippen LogP contribution in [0.2, 0.25) is 0 Å². The lowest BCUT2D eigenvalue weighted by molar-refractivity contribution is -0.137. The monoisotopic (exact) mass is 415 g/mol. The third kappa shape index (κ3) is 3.37. The van der Waals surface area contributed by atoms with E-state index < -0.39 is 11.7 Å². The highest BCUT2D eigenvalue weighted by Crippen LogP contribution is 2.36. The van der Waals surface area contributed by atoms with Crippen molar-refractivity contribution in [3.05, 3.63) is 74.6 Å². The number of hydrogen-bond donors (Lipinski definition) is 0. The van der Waals surface area contributed by atoms with E-state index >= 15 is 0 Å². The number of alkyl halides is 3. The molecule has 0 bridgehead atoms. The van der Waals surface area contributed by atoms with E-state index in [-0.39, 0.29) is 12.4 Å². The third-order valence-corrected chi connectivity index (χ3v) is 5.90. The molecule has 0 amide bonds. The lowest BCUT2D eigenvalue weighted by Crippen LogP contribution is -2.32. The van der Waals surface area contributed by atoms with Crippen molar-refractivity contribution in [2.45, 2.75) is 44.9 Å². The Balaban J connectivity index is 1.49. The van der Waals surface area contributed by atoms with Crippen LogP contribution in [0.4, 0.5) is 13.2 Å². The minimum Gasteiger partial charge on any atom is -0.478 e. The van der Waals surface area contributed by atoms with Crippen LogP contribution in [-0.4, -0.2) is 11.6 Å². The summed E-state index contributed by atoms with van der Waals surface area (Å²) >= 11 is 0. The van der Waals surface area contributed by atoms with Gasteiger partial charge in [0, 0.05) is 24.0 Å². The average Bonchev–Trinajstić information content (AvgIpc) is 2.73. The summed E-state index contributed by atoms with van der Waals surface area (Å²) in [5, 5.41) is 0.938. The standard InChI is InChI=1S/C23H20F3NO3/c24-23(25,26)15-5-3-4-14(10-15)11-27-12-19-20(29-13-27)9-8-17-16-6-1-2-7-18(16)22(28)30-21(17)19/h3-5,8-10H,1-2,6-7,11-13H2. The van der Waals surface area contributed by atoms with E-state index in [1.54, 1.807) is 6.07 Å². The van der Waals surface area contributed by atoms with E-state index in [2.05, 4.69) is 0 Å². The molecule has 30 heavy (non-hydrogen) atoms. The molecule has 4 nitrogen and oxygen atoms in total. The van der Waals surface area contributed by atoms with Crippen LogP contribution in [-0.2, 0) is 32.1 Å². The topological polar surface area (TPSA) is 42.7 Å². The summed E-state index contributed by atoms with van der Waals surface area (Å²) in [4.78, 5) is 14.4. The van der Waals surface area contributed by atoms with Gasteiger partial charge in [-0.2, -0.15) is 13.2 Å². The van der Waals surface area contributed by atoms with E-state index in [1.807, 2.05) is 17.0 Å². The fraction of sp³-hybridized carbons (Fsp3) is 0.348. The Labute approximate surface area is 170 Å². The van der Waals surface area contributed by atoms with Crippen LogP contribution in [0.3, 0.4) is 0 Å². The lowest BCUT2D eigenvalue weighted by Gasteiger charge is -2.30. The molecule has 3 aromatic rings. The molecule has 2 aromatic carbocycles. The fourth-order valence-electron chi connectivity index (χ4n) is 4.47. The van der Waals surface area contributed by atoms with Gasteiger partial charge in [0.2, 0.25) is 0 Å². The SMILES string of the molecule is O=c1oc2c3c(ccc2c2c1CCCC2)OCN(Cc1cccc(C(F)(F)F)c1)C3. The molecule has 5 rings (SSSR count). The number of aryl methyl sites for hydroxylation is 1. The number of nitrogens with zero attached hydrogens (tertiary/aromatic N) is 1. The van der Waals surface area contributed by atoms with Gasteiger partial charge in [0.25, 0.3) is 0 Å². The molecule has 0 radical (unpaired) electrons. The highest BCUT2D eigenvalue weighted by Gasteiger charge is 2.31. The maximum atomic E-state index is 13.0. The summed E-state index contributed by atoms with van der Waals surface area (Å²) in [6.07, 6.45) is -0.753. The molecule has 0 N–H and O–H groups in total. The number of fused-ring (bicyclic) bond motifs is 5. The largest absolute Gasteiger partial charge is 0.478 e. The first-order valence-electron chi connectivity index (χ1n) is 10.0. The van der Waals surface area contributed by atoms with Crippen LogP contribution in [0, 0.1) is 0 Å². The summed E-state index contributed by atoms with van der Waals surface area (Å²) in [7, 11) is 0. The van der Waals surface area contributed by atoms with Gasteiger partial charge < -0.3 is 9.15 Å². The van der Waals surface area contributed by atoms with E-state index in [0.29, 0.717) is 30.0 Å². The Morgan fingerprint density at radius 3 is 2.60 bits per heavy atom. The van der Waals surface area contributed by atoms with Crippen LogP contribution in [0.15, 0.2) is 45.6 Å². The minimum absolute atomic E-state index is 0.254. The van der Waals surface area contributed by atoms with Crippen molar-refractivity contribution < 1.29 is 22.3 Å². The Morgan fingerprint density at radius 1 is 1.00 bits per heavy atom. The predicted molar refractivity (Wildman–Crippen MR) is 105 cm³/mol. The highest BCUT2D eigenvalue weighted by molar-refractivity contribution is 5.86. The molecule has 0 atom stereocenters. The van der Waals surface area contributed by atoms with Crippen LogP contribution < -0.4 is 10.4 Å². The third-order valence-electron chi connectivity index (χ3n) is 5.90. The summed E-state index contributed by atoms with van der Waals surface area (Å²) in [6.45, 7) is 0.990. The molecule has 2 heterocycles. The van der Waals surface area contributed by atoms with Crippen molar-refractivity contribution >= 4 is 11.0 Å². The molecule has 0 saturated carbocycles. The zero-order valence-electron chi connectivity index (χ0n) is 16.2. The van der Waals surface area contributed by atoms with Crippen LogP contribution in [0.5, 0.6) is 5.75 Å². The van der Waals surface area contributed by atoms with Crippen LogP contribution in [0.1, 0.15) is 40.7 Å². The minimum atomic E-state index is -4.38. The quantitative estimate of drug-likeness (QED) is 0.550. The van der Waals surface area contributed by atoms with Gasteiger partial charge in [-0.05, 0) is 55.0 Å². The first-order chi connectivity index (χ1) is 14.4. The van der Waals surface area contributed by atoms with E-state index in [4.69, 9.17) is 9.15 Å². The van der Waals surface area contributed by atoms with E-state index in [1.165, 1.54) is 6.07 Å². The maximum absolute atomic E-state index is 13.0. The second kappa shape index (κ2) is 7.16. The first kappa shape index (κ1) is 19.2. The Hall–Kier alpha value is -2.80. The molecule has 1 aliphatic carbocycles. The van der Waals surface area contributed by atoms with Crippen molar-refractivity contribution in [3.63, 3.8) is 0 Å². The molecule has 1 aliphatic heterocycles. The molecule has 7 heteroatoms. The fourth-order valence-corrected chi connectivity index (χ4v) is 4.47. The molecule has 1 aromatic heterocycles. The number of benzene rings is 2. The van der Waals surface area contributed by atoms with Crippen molar-refractivity contribution in [1.82, 2.24) is 4.90 Å². The van der Waals surface area contributed by atoms with E-state index in [0.717, 1.165) is 59.9 Å². The van der Waals surface area contributed by atoms with Crippen molar-refractivity contribution in [2.24, 2.45) is 0 Å². The van der Waals surface area contributed by atoms with Crippen molar-refractivity contribution in [1.29, 1.82) is 0 Å². The van der Waals surface area contributed by atoms with Gasteiger partial charge in [-0.3, -0.25) is 4.90 Å². The summed E-state index contributed by atoms with van der Waals surface area (Å²) < 4.78 is 50.6. The second-order valence-electron chi connectivity index (χ2n) is 7.93. The molecule has 0 unspecified atom stereocenters. The summed E-state index contributed by atoms with van der Waals surface area (Å²) in [5.41, 5.74) is 2.73. The van der Waals surface area contributed by atoms with Crippen LogP contribution in [0.25, 0.3) is 11.0 Å². The molecular formula is C23H20F3NO3. The van der Waals surface area contributed by atoms with Gasteiger partial charge >= 0.3 is 11.8 Å². The number of ether oxygens (including phenoxy) is 1. The molecule has 2 aliphatic rings. The van der Waals surface area contributed by atoms with Crippen molar-refractivity contribution in [2.75, 3.05) is 6.73 Å². The Morgan fingerprint density at radius 2 is 1.80 bits per heavy atom. The van der Waals surface area contributed by atoms with Gasteiger partial charge in [-0.15, -0.1) is 0 Å². The molecule has 156 valence electrons. The summed E-state index contributed by atoms with van der Waals surface area (Å²) in [5.74, 6) is 0.654. The van der Waals surface area contributed by atoms with Gasteiger partial charge in [-0.25, -0.2) is 4.79 Å². The predicted octanol–water partition coefficient (Wildman–Crippen LogP) is 5.04. The zero-order chi connectivity index (χ0) is 20.9. The number of rotatable bonds is 2. The number of hydrogen-bond acceptors (Lipinski definition) is 4. The van der Waals surface area contributed by atoms with Gasteiger partial charge in [0.15, 0.2) is 0 Å². The van der Waals surface area contributed by atoms with Gasteiger partial charge in [0.1, 0.15) is 18.1 Å². The smallest absolute Gasteiger partial charge is 0.416 e. The summed E-state index contributed by atoms with van der Waals surface area (Å²) in [6, 6.07) is 9.16. The van der Waals surface area contributed by atoms with E-state index in [9.17, 15) is 18.0 Å². The second-order valence-corrected chi connectivity index (χ2v) is 7.93. The van der Waals surface area contributed by atoms with Gasteiger partial charge in [0.05, 0.1) is 11.1 Å². The maximum Gasteiger partial charge on any atom is 0.416 e. The average molecular weight is 415 g/mol.